The van der Waals surface area contributed by atoms with E-state index < -0.39 is 0 Å². The van der Waals surface area contributed by atoms with Crippen molar-refractivity contribution in [2.24, 2.45) is 5.92 Å². The summed E-state index contributed by atoms with van der Waals surface area (Å²) in [7, 11) is 3.24. The van der Waals surface area contributed by atoms with Crippen LogP contribution in [0.15, 0.2) is 0 Å². The quantitative estimate of drug-likeness (QED) is 0.252. The number of rotatable bonds is 16. The van der Waals surface area contributed by atoms with Gasteiger partial charge in [-0.3, -0.25) is 9.63 Å². The standard InChI is InChI=1S/C20H41NO2/c1-5-7-9-11-13-16-19(15-12-10-8-6-2)17-14-18-20(22)21(3)23-4/h19H,5-18H2,1-4H3. The number of carbonyl (C=O) groups is 1. The number of hydrogen-bond donors (Lipinski definition) is 0. The van der Waals surface area contributed by atoms with Crippen LogP contribution < -0.4 is 0 Å². The molecule has 0 aromatic rings. The maximum Gasteiger partial charge on any atom is 0.245 e. The lowest BCUT2D eigenvalue weighted by Crippen LogP contribution is -2.25. The van der Waals surface area contributed by atoms with E-state index in [4.69, 9.17) is 4.84 Å². The normalized spacial score (nSPS) is 12.3. The minimum atomic E-state index is 0.0974. The molecule has 0 radical (unpaired) electrons. The van der Waals surface area contributed by atoms with Crippen LogP contribution in [0, 0.1) is 5.92 Å². The van der Waals surface area contributed by atoms with Crippen molar-refractivity contribution in [2.75, 3.05) is 14.2 Å². The summed E-state index contributed by atoms with van der Waals surface area (Å²) in [6.45, 7) is 4.54. The van der Waals surface area contributed by atoms with Gasteiger partial charge in [0.25, 0.3) is 0 Å². The van der Waals surface area contributed by atoms with Crippen LogP contribution in [-0.2, 0) is 9.63 Å². The largest absolute Gasteiger partial charge is 0.275 e. The maximum absolute atomic E-state index is 11.8. The average Bonchev–Trinajstić information content (AvgIpc) is 2.56. The zero-order chi connectivity index (χ0) is 17.3. The van der Waals surface area contributed by atoms with Crippen LogP contribution in [-0.4, -0.2) is 25.1 Å². The summed E-state index contributed by atoms with van der Waals surface area (Å²) in [5.41, 5.74) is 0. The Labute approximate surface area is 145 Å². The molecule has 3 nitrogen and oxygen atoms in total. The van der Waals surface area contributed by atoms with Crippen molar-refractivity contribution < 1.29 is 9.63 Å². The molecule has 0 heterocycles. The lowest BCUT2D eigenvalue weighted by Gasteiger charge is -2.18. The lowest BCUT2D eigenvalue weighted by molar-refractivity contribution is -0.168. The van der Waals surface area contributed by atoms with Gasteiger partial charge in [-0.2, -0.15) is 0 Å². The van der Waals surface area contributed by atoms with Crippen molar-refractivity contribution in [1.29, 1.82) is 0 Å². The highest BCUT2D eigenvalue weighted by molar-refractivity contribution is 5.74. The van der Waals surface area contributed by atoms with Gasteiger partial charge in [0.15, 0.2) is 0 Å². The Bertz CT molecular complexity index is 268. The molecule has 3 heteroatoms. The zero-order valence-electron chi connectivity index (χ0n) is 16.2. The highest BCUT2D eigenvalue weighted by Gasteiger charge is 2.12. The van der Waals surface area contributed by atoms with Crippen molar-refractivity contribution in [3.05, 3.63) is 0 Å². The van der Waals surface area contributed by atoms with E-state index in [-0.39, 0.29) is 5.91 Å². The molecule has 1 unspecified atom stereocenters. The topological polar surface area (TPSA) is 29.5 Å². The maximum atomic E-state index is 11.8. The fraction of sp³-hybridized carbons (Fsp3) is 0.950. The average molecular weight is 328 g/mol. The second-order valence-electron chi connectivity index (χ2n) is 6.88. The Kier molecular flexibility index (Phi) is 15.9. The predicted molar refractivity (Wildman–Crippen MR) is 99.3 cm³/mol. The van der Waals surface area contributed by atoms with Gasteiger partial charge in [-0.1, -0.05) is 84.5 Å². The van der Waals surface area contributed by atoms with E-state index in [0.29, 0.717) is 6.42 Å². The molecule has 0 aliphatic rings. The molecule has 0 aliphatic heterocycles. The highest BCUT2D eigenvalue weighted by Crippen LogP contribution is 2.23. The van der Waals surface area contributed by atoms with Crippen LogP contribution in [0.3, 0.4) is 0 Å². The van der Waals surface area contributed by atoms with E-state index in [1.54, 1.807) is 14.2 Å². The summed E-state index contributed by atoms with van der Waals surface area (Å²) in [4.78, 5) is 16.7. The molecular formula is C20H41NO2. The van der Waals surface area contributed by atoms with Gasteiger partial charge in [0.1, 0.15) is 0 Å². The van der Waals surface area contributed by atoms with Crippen LogP contribution >= 0.6 is 0 Å². The third-order valence-electron chi connectivity index (χ3n) is 4.81. The lowest BCUT2D eigenvalue weighted by atomic mass is 9.90. The zero-order valence-corrected chi connectivity index (χ0v) is 16.2. The molecule has 0 fully saturated rings. The number of hydroxylamine groups is 2. The molecular weight excluding hydrogens is 286 g/mol. The van der Waals surface area contributed by atoms with E-state index in [2.05, 4.69) is 13.8 Å². The molecule has 0 spiro atoms. The van der Waals surface area contributed by atoms with E-state index in [1.165, 1.54) is 82.1 Å². The number of unbranched alkanes of at least 4 members (excludes halogenated alkanes) is 7. The first-order chi connectivity index (χ1) is 11.2. The van der Waals surface area contributed by atoms with Crippen LogP contribution in [0.1, 0.15) is 104 Å². The second kappa shape index (κ2) is 16.3. The molecule has 0 rings (SSSR count). The fourth-order valence-electron chi connectivity index (χ4n) is 3.13. The molecule has 0 saturated heterocycles. The molecule has 1 amide bonds. The minimum Gasteiger partial charge on any atom is -0.275 e. The Hall–Kier alpha value is -0.570. The van der Waals surface area contributed by atoms with Gasteiger partial charge in [-0.25, -0.2) is 5.06 Å². The molecule has 1 atom stereocenters. The monoisotopic (exact) mass is 327 g/mol. The number of nitrogens with zero attached hydrogens (tertiary/aromatic N) is 1. The Morgan fingerprint density at radius 1 is 0.826 bits per heavy atom. The van der Waals surface area contributed by atoms with Gasteiger partial charge < -0.3 is 0 Å². The first-order valence-corrected chi connectivity index (χ1v) is 9.96. The molecule has 23 heavy (non-hydrogen) atoms. The summed E-state index contributed by atoms with van der Waals surface area (Å²) in [5, 5.41) is 1.35. The van der Waals surface area contributed by atoms with Crippen molar-refractivity contribution in [3.8, 4) is 0 Å². The third kappa shape index (κ3) is 13.6. The molecule has 0 saturated carbocycles. The van der Waals surface area contributed by atoms with Crippen molar-refractivity contribution >= 4 is 5.91 Å². The van der Waals surface area contributed by atoms with Crippen molar-refractivity contribution in [2.45, 2.75) is 104 Å². The second-order valence-corrected chi connectivity index (χ2v) is 6.88. The first kappa shape index (κ1) is 22.4. The summed E-state index contributed by atoms with van der Waals surface area (Å²) in [6, 6.07) is 0. The van der Waals surface area contributed by atoms with E-state index in [0.717, 1.165) is 12.3 Å². The number of amides is 1. The number of carbonyl (C=O) groups excluding carboxylic acids is 1. The smallest absolute Gasteiger partial charge is 0.245 e. The molecule has 0 aliphatic carbocycles. The molecule has 0 aromatic heterocycles. The minimum absolute atomic E-state index is 0.0974. The van der Waals surface area contributed by atoms with Crippen LogP contribution in [0.5, 0.6) is 0 Å². The summed E-state index contributed by atoms with van der Waals surface area (Å²) in [6.07, 6.45) is 17.7. The molecule has 0 aromatic carbocycles. The van der Waals surface area contributed by atoms with Crippen molar-refractivity contribution in [1.82, 2.24) is 5.06 Å². The molecule has 0 bridgehead atoms. The molecule has 138 valence electrons. The first-order valence-electron chi connectivity index (χ1n) is 9.96. The Morgan fingerprint density at radius 2 is 1.30 bits per heavy atom. The van der Waals surface area contributed by atoms with E-state index >= 15 is 0 Å². The summed E-state index contributed by atoms with van der Waals surface area (Å²) in [5.74, 6) is 0.911. The fourth-order valence-corrected chi connectivity index (χ4v) is 3.13. The van der Waals surface area contributed by atoms with E-state index in [9.17, 15) is 4.79 Å². The van der Waals surface area contributed by atoms with Crippen LogP contribution in [0.25, 0.3) is 0 Å². The van der Waals surface area contributed by atoms with Gasteiger partial charge >= 0.3 is 0 Å². The SMILES string of the molecule is CCCCCCCC(CCCCCC)CCCC(=O)N(C)OC. The summed E-state index contributed by atoms with van der Waals surface area (Å²) < 4.78 is 0. The van der Waals surface area contributed by atoms with Gasteiger partial charge in [0.2, 0.25) is 5.91 Å². The van der Waals surface area contributed by atoms with Gasteiger partial charge in [-0.15, -0.1) is 0 Å². The van der Waals surface area contributed by atoms with Gasteiger partial charge in [0, 0.05) is 13.5 Å². The predicted octanol–water partition coefficient (Wildman–Crippen LogP) is 6.12. The Morgan fingerprint density at radius 3 is 1.83 bits per heavy atom. The van der Waals surface area contributed by atoms with Gasteiger partial charge in [0.05, 0.1) is 7.11 Å². The van der Waals surface area contributed by atoms with Gasteiger partial charge in [-0.05, 0) is 18.8 Å². The van der Waals surface area contributed by atoms with Crippen LogP contribution in [0.2, 0.25) is 0 Å². The third-order valence-corrected chi connectivity index (χ3v) is 4.81. The summed E-state index contributed by atoms with van der Waals surface area (Å²) >= 11 is 0. The van der Waals surface area contributed by atoms with Crippen molar-refractivity contribution in [3.63, 3.8) is 0 Å². The number of hydrogen-bond acceptors (Lipinski definition) is 2. The molecule has 0 N–H and O–H groups in total. The highest BCUT2D eigenvalue weighted by atomic mass is 16.7. The Balaban J connectivity index is 3.97. The van der Waals surface area contributed by atoms with E-state index in [1.807, 2.05) is 0 Å². The van der Waals surface area contributed by atoms with Crippen LogP contribution in [0.4, 0.5) is 0 Å².